The van der Waals surface area contributed by atoms with Crippen LogP contribution in [0.3, 0.4) is 0 Å². The van der Waals surface area contributed by atoms with Gasteiger partial charge in [0.2, 0.25) is 5.24 Å². The summed E-state index contributed by atoms with van der Waals surface area (Å²) in [6, 6.07) is 9.63. The third-order valence-corrected chi connectivity index (χ3v) is 2.41. The molecule has 0 fully saturated rings. The fourth-order valence-electron chi connectivity index (χ4n) is 1.30. The number of nitrogens with zero attached hydrogens (tertiary/aromatic N) is 1. The highest BCUT2D eigenvalue weighted by Gasteiger charge is 2.18. The first-order valence-electron chi connectivity index (χ1n) is 4.51. The molecule has 0 N–H and O–H groups in total. The fraction of sp³-hybridized carbons (Fsp3) is 0.364. The lowest BCUT2D eigenvalue weighted by Gasteiger charge is -2.20. The Balaban J connectivity index is 2.70. The van der Waals surface area contributed by atoms with Crippen LogP contribution in [-0.2, 0) is 11.2 Å². The maximum Gasteiger partial charge on any atom is 0.239 e. The summed E-state index contributed by atoms with van der Waals surface area (Å²) < 4.78 is 0. The van der Waals surface area contributed by atoms with E-state index in [1.165, 1.54) is 0 Å². The van der Waals surface area contributed by atoms with E-state index >= 15 is 0 Å². The lowest BCUT2D eigenvalue weighted by molar-refractivity contribution is -0.115. The van der Waals surface area contributed by atoms with E-state index in [4.69, 9.17) is 11.6 Å². The molecule has 0 heterocycles. The Morgan fingerprint density at radius 3 is 2.36 bits per heavy atom. The standard InChI is InChI=1S/C11H14ClNO/c1-13(2)10(11(12)14)8-9-6-4-3-5-7-9/h3-7,10H,8H2,1-2H3. The van der Waals surface area contributed by atoms with Gasteiger partial charge in [-0.3, -0.25) is 9.69 Å². The van der Waals surface area contributed by atoms with Gasteiger partial charge >= 0.3 is 0 Å². The molecule has 1 aromatic rings. The zero-order chi connectivity index (χ0) is 10.6. The first-order chi connectivity index (χ1) is 6.61. The maximum atomic E-state index is 11.1. The molecule has 0 bridgehead atoms. The predicted octanol–water partition coefficient (Wildman–Crippen LogP) is 1.92. The van der Waals surface area contributed by atoms with E-state index in [1.807, 2.05) is 49.3 Å². The summed E-state index contributed by atoms with van der Waals surface area (Å²) in [6.07, 6.45) is 0.663. The molecule has 1 unspecified atom stereocenters. The van der Waals surface area contributed by atoms with Crippen molar-refractivity contribution in [1.29, 1.82) is 0 Å². The molecule has 1 aromatic carbocycles. The molecule has 0 aliphatic rings. The van der Waals surface area contributed by atoms with Gasteiger partial charge in [-0.15, -0.1) is 0 Å². The van der Waals surface area contributed by atoms with Crippen LogP contribution >= 0.6 is 11.6 Å². The van der Waals surface area contributed by atoms with Crippen LogP contribution in [-0.4, -0.2) is 30.3 Å². The highest BCUT2D eigenvalue weighted by atomic mass is 35.5. The van der Waals surface area contributed by atoms with Gasteiger partial charge in [-0.05, 0) is 37.7 Å². The Kier molecular flexibility index (Phi) is 4.11. The zero-order valence-electron chi connectivity index (χ0n) is 8.40. The van der Waals surface area contributed by atoms with Crippen molar-refractivity contribution in [3.8, 4) is 0 Å². The fourth-order valence-corrected chi connectivity index (χ4v) is 1.58. The van der Waals surface area contributed by atoms with Gasteiger partial charge in [0, 0.05) is 0 Å². The van der Waals surface area contributed by atoms with Gasteiger partial charge in [0.05, 0.1) is 6.04 Å². The van der Waals surface area contributed by atoms with Gasteiger partial charge in [-0.25, -0.2) is 0 Å². The molecule has 76 valence electrons. The first-order valence-corrected chi connectivity index (χ1v) is 4.88. The molecule has 0 spiro atoms. The van der Waals surface area contributed by atoms with Crippen molar-refractivity contribution in [2.75, 3.05) is 14.1 Å². The largest absolute Gasteiger partial charge is 0.298 e. The smallest absolute Gasteiger partial charge is 0.239 e. The summed E-state index contributed by atoms with van der Waals surface area (Å²) in [7, 11) is 3.71. The summed E-state index contributed by atoms with van der Waals surface area (Å²) in [6.45, 7) is 0. The predicted molar refractivity (Wildman–Crippen MR) is 58.5 cm³/mol. The first kappa shape index (κ1) is 11.2. The molecule has 1 rings (SSSR count). The summed E-state index contributed by atoms with van der Waals surface area (Å²) >= 11 is 5.51. The normalized spacial score (nSPS) is 12.9. The molecule has 0 saturated heterocycles. The number of likely N-dealkylation sites (N-methyl/N-ethyl adjacent to an activating group) is 1. The molecule has 3 heteroatoms. The Bertz CT molecular complexity index is 297. The summed E-state index contributed by atoms with van der Waals surface area (Å²) in [4.78, 5) is 12.9. The van der Waals surface area contributed by atoms with Crippen molar-refractivity contribution >= 4 is 16.8 Å². The molecular formula is C11H14ClNO. The van der Waals surface area contributed by atoms with Crippen LogP contribution in [0.25, 0.3) is 0 Å². The zero-order valence-corrected chi connectivity index (χ0v) is 9.16. The van der Waals surface area contributed by atoms with Crippen molar-refractivity contribution in [1.82, 2.24) is 4.90 Å². The summed E-state index contributed by atoms with van der Waals surface area (Å²) in [5.74, 6) is 0. The van der Waals surface area contributed by atoms with Crippen molar-refractivity contribution in [3.05, 3.63) is 35.9 Å². The van der Waals surface area contributed by atoms with E-state index in [2.05, 4.69) is 0 Å². The molecular weight excluding hydrogens is 198 g/mol. The van der Waals surface area contributed by atoms with Gasteiger partial charge < -0.3 is 0 Å². The molecule has 0 aliphatic heterocycles. The van der Waals surface area contributed by atoms with Crippen LogP contribution in [0.1, 0.15) is 5.56 Å². The number of halogens is 1. The minimum atomic E-state index is -0.307. The number of carbonyl (C=O) groups excluding carboxylic acids is 1. The van der Waals surface area contributed by atoms with Crippen LogP contribution in [0.15, 0.2) is 30.3 Å². The second kappa shape index (κ2) is 5.13. The van der Waals surface area contributed by atoms with Crippen LogP contribution < -0.4 is 0 Å². The Labute approximate surface area is 89.5 Å². The molecule has 0 radical (unpaired) electrons. The average Bonchev–Trinajstić information content (AvgIpc) is 2.15. The van der Waals surface area contributed by atoms with Gasteiger partial charge in [0.15, 0.2) is 0 Å². The number of hydrogen-bond donors (Lipinski definition) is 0. The molecule has 0 aromatic heterocycles. The monoisotopic (exact) mass is 211 g/mol. The van der Waals surface area contributed by atoms with Gasteiger partial charge in [-0.1, -0.05) is 30.3 Å². The minimum Gasteiger partial charge on any atom is -0.298 e. The highest BCUT2D eigenvalue weighted by Crippen LogP contribution is 2.08. The number of benzene rings is 1. The second-order valence-corrected chi connectivity index (χ2v) is 3.85. The average molecular weight is 212 g/mol. The van der Waals surface area contributed by atoms with Crippen molar-refractivity contribution in [2.24, 2.45) is 0 Å². The van der Waals surface area contributed by atoms with Gasteiger partial charge in [0.1, 0.15) is 0 Å². The van der Waals surface area contributed by atoms with Crippen molar-refractivity contribution in [3.63, 3.8) is 0 Å². The van der Waals surface area contributed by atoms with Gasteiger partial charge in [0.25, 0.3) is 0 Å². The number of hydrogen-bond acceptors (Lipinski definition) is 2. The van der Waals surface area contributed by atoms with Crippen LogP contribution in [0.4, 0.5) is 0 Å². The molecule has 2 nitrogen and oxygen atoms in total. The molecule has 0 aliphatic carbocycles. The quantitative estimate of drug-likeness (QED) is 0.710. The minimum absolute atomic E-state index is 0.237. The molecule has 1 atom stereocenters. The van der Waals surface area contributed by atoms with E-state index in [-0.39, 0.29) is 11.3 Å². The summed E-state index contributed by atoms with van der Waals surface area (Å²) in [5.41, 5.74) is 1.13. The highest BCUT2D eigenvalue weighted by molar-refractivity contribution is 6.64. The lowest BCUT2D eigenvalue weighted by atomic mass is 10.1. The third-order valence-electron chi connectivity index (χ3n) is 2.16. The number of carbonyl (C=O) groups is 1. The van der Waals surface area contributed by atoms with E-state index < -0.39 is 0 Å². The lowest BCUT2D eigenvalue weighted by Crippen LogP contribution is -2.35. The van der Waals surface area contributed by atoms with Gasteiger partial charge in [-0.2, -0.15) is 0 Å². The summed E-state index contributed by atoms with van der Waals surface area (Å²) in [5, 5.41) is -0.307. The molecule has 0 amide bonds. The van der Waals surface area contributed by atoms with Crippen LogP contribution in [0.2, 0.25) is 0 Å². The van der Waals surface area contributed by atoms with E-state index in [0.717, 1.165) is 5.56 Å². The van der Waals surface area contributed by atoms with Crippen molar-refractivity contribution < 1.29 is 4.79 Å². The molecule has 0 saturated carbocycles. The number of rotatable bonds is 4. The SMILES string of the molecule is CN(C)C(Cc1ccccc1)C(=O)Cl. The van der Waals surface area contributed by atoms with E-state index in [9.17, 15) is 4.79 Å². The van der Waals surface area contributed by atoms with Crippen LogP contribution in [0, 0.1) is 0 Å². The second-order valence-electron chi connectivity index (χ2n) is 3.47. The third kappa shape index (κ3) is 3.13. The Morgan fingerprint density at radius 1 is 1.36 bits per heavy atom. The van der Waals surface area contributed by atoms with E-state index in [0.29, 0.717) is 6.42 Å². The maximum absolute atomic E-state index is 11.1. The topological polar surface area (TPSA) is 20.3 Å². The molecule has 14 heavy (non-hydrogen) atoms. The van der Waals surface area contributed by atoms with E-state index in [1.54, 1.807) is 0 Å². The Hall–Kier alpha value is -0.860. The Morgan fingerprint density at radius 2 is 1.93 bits per heavy atom. The van der Waals surface area contributed by atoms with Crippen molar-refractivity contribution in [2.45, 2.75) is 12.5 Å². The van der Waals surface area contributed by atoms with Crippen LogP contribution in [0.5, 0.6) is 0 Å².